The molecule has 0 unspecified atom stereocenters. The summed E-state index contributed by atoms with van der Waals surface area (Å²) in [6.45, 7) is 11.4. The average Bonchev–Trinajstić information content (AvgIpc) is 2.24. The van der Waals surface area contributed by atoms with Gasteiger partial charge in [-0.2, -0.15) is 0 Å². The number of nitrogens with zero attached hydrogens (tertiary/aromatic N) is 1. The normalized spacial score (nSPS) is 11.9. The van der Waals surface area contributed by atoms with Crippen molar-refractivity contribution in [2.45, 2.75) is 39.3 Å². The van der Waals surface area contributed by atoms with E-state index in [1.165, 1.54) is 12.3 Å². The predicted molar refractivity (Wildman–Crippen MR) is 81.8 cm³/mol. The van der Waals surface area contributed by atoms with Gasteiger partial charge >= 0.3 is 11.9 Å². The monoisotopic (exact) mass is 311 g/mol. The molecule has 0 aromatic carbocycles. The first-order valence-electron chi connectivity index (χ1n) is 6.41. The van der Waals surface area contributed by atoms with Gasteiger partial charge in [0.2, 0.25) is 16.6 Å². The molecule has 0 atom stereocenters. The fourth-order valence-corrected chi connectivity index (χ4v) is 2.71. The molecule has 0 aliphatic carbocycles. The van der Waals surface area contributed by atoms with Crippen LogP contribution in [0.4, 0.5) is 0 Å². The van der Waals surface area contributed by atoms with Gasteiger partial charge in [0.15, 0.2) is 5.69 Å². The topological polar surface area (TPSA) is 65.5 Å². The van der Waals surface area contributed by atoms with Crippen LogP contribution in [0.1, 0.15) is 20.8 Å². The largest absolute Gasteiger partial charge is 0.516 e. The Balaban J connectivity index is 3.05. The fourth-order valence-electron chi connectivity index (χ4n) is 1.39. The summed E-state index contributed by atoms with van der Waals surface area (Å²) in [4.78, 5) is 28.2. The minimum Gasteiger partial charge on any atom is -0.516 e. The summed E-state index contributed by atoms with van der Waals surface area (Å²) >= 11 is 0. The van der Waals surface area contributed by atoms with Gasteiger partial charge in [-0.1, -0.05) is 0 Å². The van der Waals surface area contributed by atoms with Crippen molar-refractivity contribution in [3.8, 4) is 0 Å². The maximum atomic E-state index is 12.1. The minimum absolute atomic E-state index is 0.0261. The molecule has 0 saturated heterocycles. The van der Waals surface area contributed by atoms with E-state index in [1.807, 2.05) is 39.3 Å². The van der Waals surface area contributed by atoms with Gasteiger partial charge in [0.05, 0.1) is 5.56 Å². The molecule has 1 rings (SSSR count). The summed E-state index contributed by atoms with van der Waals surface area (Å²) < 4.78 is 10.8. The molecule has 0 spiro atoms. The van der Waals surface area contributed by atoms with E-state index in [1.54, 1.807) is 6.07 Å². The van der Waals surface area contributed by atoms with Gasteiger partial charge in [0, 0.05) is 6.20 Å². The Labute approximate surface area is 121 Å². The van der Waals surface area contributed by atoms with E-state index in [-0.39, 0.29) is 11.3 Å². The molecule has 0 aliphatic rings. The van der Waals surface area contributed by atoms with Crippen LogP contribution < -0.4 is 0 Å². The van der Waals surface area contributed by atoms with Crippen LogP contribution in [0.5, 0.6) is 0 Å². The molecule has 0 bridgehead atoms. The standard InChI is InChI=1S/C13H21NO4Si2/c1-19(2,3)17-12(15)10-8-7-9-14-11(10)13(16)18-20(4,5)6/h7-9H,1-6H3. The van der Waals surface area contributed by atoms with E-state index in [0.29, 0.717) is 0 Å². The van der Waals surface area contributed by atoms with Crippen molar-refractivity contribution in [3.05, 3.63) is 29.6 Å². The van der Waals surface area contributed by atoms with E-state index in [0.717, 1.165) is 0 Å². The second-order valence-electron chi connectivity index (χ2n) is 6.40. The molecular weight excluding hydrogens is 290 g/mol. The van der Waals surface area contributed by atoms with Crippen LogP contribution in [0.3, 0.4) is 0 Å². The molecule has 20 heavy (non-hydrogen) atoms. The molecule has 1 aromatic heterocycles. The molecule has 1 heterocycles. The van der Waals surface area contributed by atoms with Gasteiger partial charge in [-0.05, 0) is 51.4 Å². The third-order valence-electron chi connectivity index (χ3n) is 2.02. The van der Waals surface area contributed by atoms with Gasteiger partial charge in [-0.25, -0.2) is 14.6 Å². The Morgan fingerprint density at radius 2 is 1.45 bits per heavy atom. The lowest BCUT2D eigenvalue weighted by Crippen LogP contribution is -2.32. The lowest BCUT2D eigenvalue weighted by molar-refractivity contribution is 0.0675. The molecule has 0 amide bonds. The zero-order chi connectivity index (χ0) is 15.6. The van der Waals surface area contributed by atoms with E-state index in [9.17, 15) is 9.59 Å². The molecule has 0 saturated carbocycles. The summed E-state index contributed by atoms with van der Waals surface area (Å²) in [6, 6.07) is 3.14. The van der Waals surface area contributed by atoms with Crippen molar-refractivity contribution in [3.63, 3.8) is 0 Å². The molecule has 0 radical (unpaired) electrons. The first-order valence-corrected chi connectivity index (χ1v) is 13.2. The number of hydrogen-bond acceptors (Lipinski definition) is 5. The quantitative estimate of drug-likeness (QED) is 0.800. The number of pyridine rings is 1. The van der Waals surface area contributed by atoms with Gasteiger partial charge in [-0.15, -0.1) is 0 Å². The van der Waals surface area contributed by atoms with E-state index in [2.05, 4.69) is 4.98 Å². The van der Waals surface area contributed by atoms with Gasteiger partial charge in [-0.3, -0.25) is 0 Å². The molecule has 7 heteroatoms. The molecule has 0 N–H and O–H groups in total. The van der Waals surface area contributed by atoms with Gasteiger partial charge in [0.25, 0.3) is 0 Å². The van der Waals surface area contributed by atoms with E-state index >= 15 is 0 Å². The number of carbonyl (C=O) groups is 2. The van der Waals surface area contributed by atoms with Crippen LogP contribution in [-0.4, -0.2) is 33.6 Å². The molecule has 0 fully saturated rings. The lowest BCUT2D eigenvalue weighted by atomic mass is 10.2. The van der Waals surface area contributed by atoms with Crippen LogP contribution in [-0.2, 0) is 8.85 Å². The van der Waals surface area contributed by atoms with Crippen LogP contribution in [0.25, 0.3) is 0 Å². The Hall–Kier alpha value is -1.48. The highest BCUT2D eigenvalue weighted by Gasteiger charge is 2.28. The SMILES string of the molecule is C[Si](C)(C)OC(=O)c1cccnc1C(=O)O[Si](C)(C)C. The smallest absolute Gasteiger partial charge is 0.344 e. The minimum atomic E-state index is -2.04. The summed E-state index contributed by atoms with van der Waals surface area (Å²) in [5.74, 6) is -1.08. The number of carbonyl (C=O) groups excluding carboxylic acids is 2. The second kappa shape index (κ2) is 5.88. The Kier molecular flexibility index (Phi) is 4.87. The highest BCUT2D eigenvalue weighted by Crippen LogP contribution is 2.15. The maximum Gasteiger partial charge on any atom is 0.344 e. The average molecular weight is 311 g/mol. The summed E-state index contributed by atoms with van der Waals surface area (Å²) in [7, 11) is -4.07. The number of aromatic nitrogens is 1. The first-order chi connectivity index (χ1) is 8.99. The Morgan fingerprint density at radius 3 is 1.95 bits per heavy atom. The zero-order valence-corrected chi connectivity index (χ0v) is 14.8. The van der Waals surface area contributed by atoms with Crippen molar-refractivity contribution in [1.82, 2.24) is 4.98 Å². The van der Waals surface area contributed by atoms with Crippen molar-refractivity contribution in [2.24, 2.45) is 0 Å². The van der Waals surface area contributed by atoms with Crippen LogP contribution in [0, 0.1) is 0 Å². The number of rotatable bonds is 4. The van der Waals surface area contributed by atoms with E-state index in [4.69, 9.17) is 8.85 Å². The third-order valence-corrected chi connectivity index (χ3v) is 3.61. The second-order valence-corrected chi connectivity index (χ2v) is 15.3. The van der Waals surface area contributed by atoms with Crippen molar-refractivity contribution < 1.29 is 18.4 Å². The maximum absolute atomic E-state index is 12.1. The summed E-state index contributed by atoms with van der Waals surface area (Å²) in [6.07, 6.45) is 1.46. The summed E-state index contributed by atoms with van der Waals surface area (Å²) in [5.41, 5.74) is 0.191. The molecular formula is C13H21NO4Si2. The van der Waals surface area contributed by atoms with Crippen molar-refractivity contribution in [2.75, 3.05) is 0 Å². The fraction of sp³-hybridized carbons (Fsp3) is 0.462. The van der Waals surface area contributed by atoms with Crippen molar-refractivity contribution >= 4 is 28.6 Å². The Morgan fingerprint density at radius 1 is 0.950 bits per heavy atom. The summed E-state index contributed by atoms with van der Waals surface area (Å²) in [5, 5.41) is 0. The highest BCUT2D eigenvalue weighted by atomic mass is 28.4. The van der Waals surface area contributed by atoms with E-state index < -0.39 is 28.6 Å². The van der Waals surface area contributed by atoms with Crippen LogP contribution in [0.15, 0.2) is 18.3 Å². The molecule has 110 valence electrons. The van der Waals surface area contributed by atoms with Crippen LogP contribution >= 0.6 is 0 Å². The van der Waals surface area contributed by atoms with Gasteiger partial charge in [0.1, 0.15) is 0 Å². The molecule has 5 nitrogen and oxygen atoms in total. The highest BCUT2D eigenvalue weighted by molar-refractivity contribution is 6.72. The zero-order valence-electron chi connectivity index (χ0n) is 12.8. The number of hydrogen-bond donors (Lipinski definition) is 0. The van der Waals surface area contributed by atoms with Gasteiger partial charge < -0.3 is 8.85 Å². The van der Waals surface area contributed by atoms with Crippen molar-refractivity contribution in [1.29, 1.82) is 0 Å². The lowest BCUT2D eigenvalue weighted by Gasteiger charge is -2.20. The predicted octanol–water partition coefficient (Wildman–Crippen LogP) is 3.07. The van der Waals surface area contributed by atoms with Crippen LogP contribution in [0.2, 0.25) is 39.3 Å². The first kappa shape index (κ1) is 16.6. The third kappa shape index (κ3) is 5.26. The molecule has 0 aliphatic heterocycles. The molecule has 1 aromatic rings. The Bertz CT molecular complexity index is 471.